The summed E-state index contributed by atoms with van der Waals surface area (Å²) in [4.78, 5) is 0. The van der Waals surface area contributed by atoms with E-state index in [2.05, 4.69) is 73.3 Å². The predicted molar refractivity (Wildman–Crippen MR) is 141 cm³/mol. The summed E-state index contributed by atoms with van der Waals surface area (Å²) in [5, 5.41) is 0. The van der Waals surface area contributed by atoms with E-state index in [9.17, 15) is 0 Å². The predicted octanol–water partition coefficient (Wildman–Crippen LogP) is 8.61. The van der Waals surface area contributed by atoms with Gasteiger partial charge in [-0.05, 0) is 101 Å². The fourth-order valence-electron chi connectivity index (χ4n) is 6.29. The number of rotatable bonds is 4. The van der Waals surface area contributed by atoms with E-state index in [4.69, 9.17) is 0 Å². The molecule has 0 nitrogen and oxygen atoms in total. The Bertz CT molecular complexity index is 1230. The molecule has 0 heteroatoms. The summed E-state index contributed by atoms with van der Waals surface area (Å²) < 4.78 is 0. The van der Waals surface area contributed by atoms with E-state index in [1.165, 1.54) is 82.2 Å². The van der Waals surface area contributed by atoms with E-state index in [1.807, 2.05) is 0 Å². The van der Waals surface area contributed by atoms with Crippen LogP contribution in [0.5, 0.6) is 0 Å². The highest BCUT2D eigenvalue weighted by atomic mass is 14.2. The molecule has 0 unspecified atom stereocenters. The van der Waals surface area contributed by atoms with E-state index >= 15 is 0 Å². The summed E-state index contributed by atoms with van der Waals surface area (Å²) in [5.74, 6) is 0.722. The van der Waals surface area contributed by atoms with Crippen molar-refractivity contribution in [2.24, 2.45) is 0 Å². The first-order valence-corrected chi connectivity index (χ1v) is 12.9. The summed E-state index contributed by atoms with van der Waals surface area (Å²) in [7, 11) is 0. The van der Waals surface area contributed by atoms with Gasteiger partial charge in [-0.3, -0.25) is 0 Å². The molecule has 33 heavy (non-hydrogen) atoms. The minimum Gasteiger partial charge on any atom is -0.0995 e. The third-order valence-electron chi connectivity index (χ3n) is 8.09. The molecule has 0 heterocycles. The topological polar surface area (TPSA) is 0 Å². The zero-order valence-electron chi connectivity index (χ0n) is 19.7. The monoisotopic (exact) mass is 430 g/mol. The van der Waals surface area contributed by atoms with Gasteiger partial charge in [0.1, 0.15) is 0 Å². The number of fused-ring (bicyclic) bond motifs is 2. The summed E-state index contributed by atoms with van der Waals surface area (Å²) in [6.07, 6.45) is 16.9. The van der Waals surface area contributed by atoms with Crippen molar-refractivity contribution in [2.45, 2.75) is 70.1 Å². The van der Waals surface area contributed by atoms with Gasteiger partial charge >= 0.3 is 0 Å². The van der Waals surface area contributed by atoms with Gasteiger partial charge < -0.3 is 0 Å². The zero-order chi connectivity index (χ0) is 22.2. The lowest BCUT2D eigenvalue weighted by molar-refractivity contribution is 0.443. The van der Waals surface area contributed by atoms with Crippen molar-refractivity contribution in [3.05, 3.63) is 112 Å². The molecule has 0 radical (unpaired) electrons. The first-order valence-electron chi connectivity index (χ1n) is 12.9. The van der Waals surface area contributed by atoms with Gasteiger partial charge in [0.25, 0.3) is 0 Å². The third-order valence-corrected chi connectivity index (χ3v) is 8.09. The highest BCUT2D eigenvalue weighted by Crippen LogP contribution is 2.38. The smallest absolute Gasteiger partial charge is 0.00253 e. The lowest BCUT2D eigenvalue weighted by Gasteiger charge is -2.24. The maximum absolute atomic E-state index is 4.22. The van der Waals surface area contributed by atoms with Crippen LogP contribution in [0.25, 0.3) is 17.2 Å². The van der Waals surface area contributed by atoms with Gasteiger partial charge in [0.15, 0.2) is 0 Å². The Balaban J connectivity index is 1.39. The summed E-state index contributed by atoms with van der Waals surface area (Å²) >= 11 is 0. The average molecular weight is 431 g/mol. The van der Waals surface area contributed by atoms with Crippen LogP contribution in [0.3, 0.4) is 0 Å². The minimum absolute atomic E-state index is 0.722. The van der Waals surface area contributed by atoms with Crippen molar-refractivity contribution in [1.82, 2.24) is 0 Å². The molecular formula is C33H34. The lowest BCUT2D eigenvalue weighted by atomic mass is 9.81. The third kappa shape index (κ3) is 4.24. The molecule has 0 saturated heterocycles. The Labute approximate surface area is 199 Å². The fourth-order valence-corrected chi connectivity index (χ4v) is 6.29. The first-order chi connectivity index (χ1) is 16.2. The molecule has 0 amide bonds. The van der Waals surface area contributed by atoms with Gasteiger partial charge in [-0.15, -0.1) is 0 Å². The van der Waals surface area contributed by atoms with Crippen LogP contribution in [0, 0.1) is 0 Å². The van der Waals surface area contributed by atoms with Gasteiger partial charge in [-0.25, -0.2) is 0 Å². The first kappa shape index (κ1) is 20.7. The van der Waals surface area contributed by atoms with Crippen molar-refractivity contribution >= 4 is 6.08 Å². The standard InChI is InChI=1S/C33H34/c1-23-13-15-29-19-24(14-16-28(29)17-23)18-25-20-30(26-7-3-2-4-8-26)22-31(21-25)33-12-6-10-27-9-5-11-32(27)33/h5-6,10-12,14,16,19-22,26H,1-4,7-9,13,15,17-18H2. The Morgan fingerprint density at radius 3 is 2.61 bits per heavy atom. The number of aryl methyl sites for hydroxylation is 1. The quantitative estimate of drug-likeness (QED) is 0.363. The molecule has 3 aliphatic carbocycles. The Morgan fingerprint density at radius 1 is 0.788 bits per heavy atom. The molecule has 0 aromatic heterocycles. The van der Waals surface area contributed by atoms with Crippen LogP contribution in [0.2, 0.25) is 0 Å². The Hall–Kier alpha value is -2.86. The van der Waals surface area contributed by atoms with Gasteiger partial charge in [0, 0.05) is 0 Å². The molecule has 3 aromatic rings. The second-order valence-corrected chi connectivity index (χ2v) is 10.5. The Morgan fingerprint density at radius 2 is 1.70 bits per heavy atom. The van der Waals surface area contributed by atoms with Crippen molar-refractivity contribution in [3.8, 4) is 11.1 Å². The lowest BCUT2D eigenvalue weighted by Crippen LogP contribution is -2.07. The molecule has 0 bridgehead atoms. The van der Waals surface area contributed by atoms with E-state index < -0.39 is 0 Å². The van der Waals surface area contributed by atoms with Crippen LogP contribution >= 0.6 is 0 Å². The number of allylic oxidation sites excluding steroid dienone is 2. The summed E-state index contributed by atoms with van der Waals surface area (Å²) in [6, 6.07) is 21.5. The number of hydrogen-bond donors (Lipinski definition) is 0. The molecule has 1 fully saturated rings. The molecule has 3 aromatic carbocycles. The van der Waals surface area contributed by atoms with Crippen LogP contribution < -0.4 is 0 Å². The normalized spacial score (nSPS) is 17.8. The SMILES string of the molecule is C=C1CCc2cc(Cc3cc(-c4cccc5c4C=CC5)cc(C4CCCCC4)c3)ccc2C1. The summed E-state index contributed by atoms with van der Waals surface area (Å²) in [6.45, 7) is 4.22. The van der Waals surface area contributed by atoms with E-state index in [-0.39, 0.29) is 0 Å². The van der Waals surface area contributed by atoms with E-state index in [0.29, 0.717) is 0 Å². The second-order valence-electron chi connectivity index (χ2n) is 10.5. The Kier molecular flexibility index (Phi) is 5.54. The molecule has 0 atom stereocenters. The van der Waals surface area contributed by atoms with Gasteiger partial charge in [-0.2, -0.15) is 0 Å². The zero-order valence-corrected chi connectivity index (χ0v) is 19.7. The molecule has 166 valence electrons. The highest BCUT2D eigenvalue weighted by Gasteiger charge is 2.19. The largest absolute Gasteiger partial charge is 0.0995 e. The van der Waals surface area contributed by atoms with Crippen LogP contribution in [0.15, 0.2) is 72.8 Å². The average Bonchev–Trinajstić information content (AvgIpc) is 3.34. The van der Waals surface area contributed by atoms with E-state index in [1.54, 1.807) is 5.56 Å². The van der Waals surface area contributed by atoms with Crippen LogP contribution in [0.4, 0.5) is 0 Å². The molecule has 3 aliphatic rings. The maximum Gasteiger partial charge on any atom is -0.00253 e. The van der Waals surface area contributed by atoms with Crippen LogP contribution in [-0.4, -0.2) is 0 Å². The summed E-state index contributed by atoms with van der Waals surface area (Å²) in [5.41, 5.74) is 14.6. The molecule has 1 saturated carbocycles. The maximum atomic E-state index is 4.22. The van der Waals surface area contributed by atoms with E-state index in [0.717, 1.165) is 38.0 Å². The molecular weight excluding hydrogens is 396 g/mol. The van der Waals surface area contributed by atoms with Crippen molar-refractivity contribution < 1.29 is 0 Å². The van der Waals surface area contributed by atoms with Crippen LogP contribution in [0.1, 0.15) is 83.4 Å². The highest BCUT2D eigenvalue weighted by molar-refractivity contribution is 5.80. The fraction of sp³-hybridized carbons (Fsp3) is 0.333. The molecule has 0 spiro atoms. The van der Waals surface area contributed by atoms with Crippen molar-refractivity contribution in [3.63, 3.8) is 0 Å². The van der Waals surface area contributed by atoms with Gasteiger partial charge in [0.2, 0.25) is 0 Å². The van der Waals surface area contributed by atoms with Crippen LogP contribution in [-0.2, 0) is 25.7 Å². The molecule has 0 N–H and O–H groups in total. The molecule has 6 rings (SSSR count). The minimum atomic E-state index is 0.722. The van der Waals surface area contributed by atoms with Gasteiger partial charge in [0.05, 0.1) is 0 Å². The van der Waals surface area contributed by atoms with Crippen molar-refractivity contribution in [2.75, 3.05) is 0 Å². The van der Waals surface area contributed by atoms with Gasteiger partial charge in [-0.1, -0.05) is 98.2 Å². The van der Waals surface area contributed by atoms with Crippen molar-refractivity contribution in [1.29, 1.82) is 0 Å². The second kappa shape index (κ2) is 8.82. The number of benzene rings is 3. The molecule has 0 aliphatic heterocycles. The number of hydrogen-bond acceptors (Lipinski definition) is 0.